The molecule has 1 rings (SSSR count). The van der Waals surface area contributed by atoms with Crippen LogP contribution in [0.2, 0.25) is 0 Å². The zero-order valence-electron chi connectivity index (χ0n) is 12.4. The summed E-state index contributed by atoms with van der Waals surface area (Å²) in [5, 5.41) is 12.0. The number of rotatable bonds is 9. The Morgan fingerprint density at radius 1 is 1.15 bits per heavy atom. The van der Waals surface area contributed by atoms with E-state index in [0.29, 0.717) is 26.0 Å². The third kappa shape index (κ3) is 5.90. The highest BCUT2D eigenvalue weighted by molar-refractivity contribution is 5.84. The Kier molecular flexibility index (Phi) is 8.26. The van der Waals surface area contributed by atoms with Crippen LogP contribution in [0.25, 0.3) is 0 Å². The number of hydrogen-bond donors (Lipinski definition) is 2. The third-order valence-electron chi connectivity index (χ3n) is 3.83. The van der Waals surface area contributed by atoms with Crippen molar-refractivity contribution in [1.82, 2.24) is 5.32 Å². The fraction of sp³-hybridized carbons (Fsp3) is 0.867. The molecule has 0 aliphatic heterocycles. The Morgan fingerprint density at radius 2 is 1.80 bits per heavy atom. The van der Waals surface area contributed by atoms with E-state index in [4.69, 9.17) is 9.84 Å². The van der Waals surface area contributed by atoms with Crippen molar-refractivity contribution in [2.75, 3.05) is 19.8 Å². The molecule has 2 atom stereocenters. The van der Waals surface area contributed by atoms with Gasteiger partial charge in [-0.15, -0.1) is 0 Å². The van der Waals surface area contributed by atoms with Gasteiger partial charge in [0.15, 0.2) is 0 Å². The largest absolute Gasteiger partial charge is 0.481 e. The summed E-state index contributed by atoms with van der Waals surface area (Å²) in [5.41, 5.74) is 0. The molecule has 1 aliphatic rings. The molecule has 0 saturated heterocycles. The fourth-order valence-corrected chi connectivity index (χ4v) is 2.61. The second kappa shape index (κ2) is 9.75. The predicted molar refractivity (Wildman–Crippen MR) is 76.4 cm³/mol. The van der Waals surface area contributed by atoms with E-state index in [-0.39, 0.29) is 11.8 Å². The molecule has 0 heterocycles. The number of carboxylic acids is 1. The van der Waals surface area contributed by atoms with Gasteiger partial charge >= 0.3 is 5.97 Å². The maximum absolute atomic E-state index is 12.0. The van der Waals surface area contributed by atoms with Gasteiger partial charge in [-0.3, -0.25) is 9.59 Å². The minimum Gasteiger partial charge on any atom is -0.481 e. The van der Waals surface area contributed by atoms with Crippen molar-refractivity contribution < 1.29 is 19.4 Å². The molecule has 20 heavy (non-hydrogen) atoms. The normalized spacial score (nSPS) is 22.4. The summed E-state index contributed by atoms with van der Waals surface area (Å²) in [4.78, 5) is 23.2. The number of carbonyl (C=O) groups excluding carboxylic acids is 1. The topological polar surface area (TPSA) is 75.6 Å². The summed E-state index contributed by atoms with van der Waals surface area (Å²) in [7, 11) is 0. The van der Waals surface area contributed by atoms with Gasteiger partial charge in [-0.05, 0) is 25.7 Å². The molecule has 0 bridgehead atoms. The van der Waals surface area contributed by atoms with Crippen LogP contribution in [0.1, 0.15) is 51.9 Å². The van der Waals surface area contributed by atoms with Crippen LogP contribution in [0.3, 0.4) is 0 Å². The first-order valence-corrected chi connectivity index (χ1v) is 7.75. The summed E-state index contributed by atoms with van der Waals surface area (Å²) < 4.78 is 5.42. The van der Waals surface area contributed by atoms with Crippen LogP contribution in [0, 0.1) is 11.8 Å². The van der Waals surface area contributed by atoms with E-state index in [2.05, 4.69) is 12.2 Å². The quantitative estimate of drug-likeness (QED) is 0.637. The number of unbranched alkanes of at least 4 members (excludes halogenated alkanes) is 1. The highest BCUT2D eigenvalue weighted by atomic mass is 16.5. The van der Waals surface area contributed by atoms with Gasteiger partial charge in [0.05, 0.1) is 11.8 Å². The van der Waals surface area contributed by atoms with Crippen LogP contribution in [-0.4, -0.2) is 36.7 Å². The Hall–Kier alpha value is -1.10. The van der Waals surface area contributed by atoms with Crippen LogP contribution in [0.4, 0.5) is 0 Å². The van der Waals surface area contributed by atoms with Crippen LogP contribution >= 0.6 is 0 Å². The van der Waals surface area contributed by atoms with Gasteiger partial charge in [-0.1, -0.05) is 26.2 Å². The number of aliphatic carboxylic acids is 1. The lowest BCUT2D eigenvalue weighted by atomic mass is 9.79. The number of carboxylic acid groups (broad SMARTS) is 1. The van der Waals surface area contributed by atoms with Crippen LogP contribution < -0.4 is 5.32 Å². The average molecular weight is 285 g/mol. The molecular weight excluding hydrogens is 258 g/mol. The van der Waals surface area contributed by atoms with E-state index in [1.165, 1.54) is 0 Å². The zero-order valence-corrected chi connectivity index (χ0v) is 12.4. The third-order valence-corrected chi connectivity index (χ3v) is 3.83. The summed E-state index contributed by atoms with van der Waals surface area (Å²) in [6.07, 6.45) is 6.13. The second-order valence-electron chi connectivity index (χ2n) is 5.45. The van der Waals surface area contributed by atoms with Gasteiger partial charge in [0.25, 0.3) is 0 Å². The molecule has 5 nitrogen and oxygen atoms in total. The molecule has 0 aromatic carbocycles. The van der Waals surface area contributed by atoms with E-state index in [9.17, 15) is 9.59 Å². The number of carbonyl (C=O) groups is 2. The van der Waals surface area contributed by atoms with Crippen molar-refractivity contribution in [1.29, 1.82) is 0 Å². The highest BCUT2D eigenvalue weighted by Crippen LogP contribution is 2.30. The molecule has 0 radical (unpaired) electrons. The summed E-state index contributed by atoms with van der Waals surface area (Å²) >= 11 is 0. The molecule has 1 saturated carbocycles. The zero-order chi connectivity index (χ0) is 14.8. The van der Waals surface area contributed by atoms with E-state index >= 15 is 0 Å². The predicted octanol–water partition coefficient (Wildman–Crippen LogP) is 2.20. The minimum absolute atomic E-state index is 0.106. The minimum atomic E-state index is -0.840. The molecule has 1 aliphatic carbocycles. The van der Waals surface area contributed by atoms with Crippen molar-refractivity contribution in [2.24, 2.45) is 11.8 Å². The summed E-state index contributed by atoms with van der Waals surface area (Å²) in [6, 6.07) is 0. The first-order chi connectivity index (χ1) is 9.66. The first kappa shape index (κ1) is 17.0. The van der Waals surface area contributed by atoms with Crippen molar-refractivity contribution in [3.8, 4) is 0 Å². The van der Waals surface area contributed by atoms with E-state index < -0.39 is 11.9 Å². The van der Waals surface area contributed by atoms with E-state index in [0.717, 1.165) is 38.7 Å². The smallest absolute Gasteiger partial charge is 0.307 e. The van der Waals surface area contributed by atoms with Gasteiger partial charge in [0.1, 0.15) is 0 Å². The summed E-state index contributed by atoms with van der Waals surface area (Å²) in [5.74, 6) is -1.81. The lowest BCUT2D eigenvalue weighted by Gasteiger charge is -2.27. The standard InChI is InChI=1S/C15H27NO4/c1-2-3-10-20-11-6-9-16-14(17)12-7-4-5-8-13(12)15(18)19/h12-13H,2-11H2,1H3,(H,16,17)(H,18,19)/t12-,13+/m1/s1. The Morgan fingerprint density at radius 3 is 2.45 bits per heavy atom. The monoisotopic (exact) mass is 285 g/mol. The maximum Gasteiger partial charge on any atom is 0.307 e. The molecule has 5 heteroatoms. The van der Waals surface area contributed by atoms with E-state index in [1.54, 1.807) is 0 Å². The Bertz CT molecular complexity index is 306. The fourth-order valence-electron chi connectivity index (χ4n) is 2.61. The molecule has 2 N–H and O–H groups in total. The molecule has 0 aromatic rings. The van der Waals surface area contributed by atoms with Gasteiger partial charge < -0.3 is 15.2 Å². The lowest BCUT2D eigenvalue weighted by Crippen LogP contribution is -2.40. The number of amides is 1. The molecule has 1 amide bonds. The van der Waals surface area contributed by atoms with Gasteiger partial charge in [0, 0.05) is 19.8 Å². The molecular formula is C15H27NO4. The molecule has 0 aromatic heterocycles. The summed E-state index contributed by atoms with van der Waals surface area (Å²) in [6.45, 7) is 4.10. The number of ether oxygens (including phenoxy) is 1. The highest BCUT2D eigenvalue weighted by Gasteiger charge is 2.35. The SMILES string of the molecule is CCCCOCCCNC(=O)[C@@H]1CCCC[C@@H]1C(=O)O. The van der Waals surface area contributed by atoms with E-state index in [1.807, 2.05) is 0 Å². The average Bonchev–Trinajstić information content (AvgIpc) is 2.46. The van der Waals surface area contributed by atoms with Crippen molar-refractivity contribution >= 4 is 11.9 Å². The molecule has 0 spiro atoms. The second-order valence-corrected chi connectivity index (χ2v) is 5.45. The van der Waals surface area contributed by atoms with Gasteiger partial charge in [-0.25, -0.2) is 0 Å². The van der Waals surface area contributed by atoms with Gasteiger partial charge in [-0.2, -0.15) is 0 Å². The van der Waals surface area contributed by atoms with Crippen molar-refractivity contribution in [3.05, 3.63) is 0 Å². The van der Waals surface area contributed by atoms with Crippen molar-refractivity contribution in [2.45, 2.75) is 51.9 Å². The van der Waals surface area contributed by atoms with Gasteiger partial charge in [0.2, 0.25) is 5.91 Å². The number of nitrogens with one attached hydrogen (secondary N) is 1. The van der Waals surface area contributed by atoms with Crippen molar-refractivity contribution in [3.63, 3.8) is 0 Å². The van der Waals surface area contributed by atoms with Crippen LogP contribution in [-0.2, 0) is 14.3 Å². The maximum atomic E-state index is 12.0. The number of hydrogen-bond acceptors (Lipinski definition) is 3. The molecule has 1 fully saturated rings. The van der Waals surface area contributed by atoms with Crippen LogP contribution in [0.15, 0.2) is 0 Å². The lowest BCUT2D eigenvalue weighted by molar-refractivity contribution is -0.148. The molecule has 0 unspecified atom stereocenters. The Balaban J connectivity index is 2.19. The first-order valence-electron chi connectivity index (χ1n) is 7.75. The Labute approximate surface area is 121 Å². The van der Waals surface area contributed by atoms with Crippen LogP contribution in [0.5, 0.6) is 0 Å². The molecule has 116 valence electrons.